The van der Waals surface area contributed by atoms with E-state index in [0.717, 1.165) is 23.3 Å². The topological polar surface area (TPSA) is 26.3 Å². The van der Waals surface area contributed by atoms with Crippen molar-refractivity contribution in [2.24, 2.45) is 0 Å². The summed E-state index contributed by atoms with van der Waals surface area (Å²) in [5, 5.41) is 0. The van der Waals surface area contributed by atoms with Gasteiger partial charge in [0.05, 0.1) is 11.0 Å². The van der Waals surface area contributed by atoms with Gasteiger partial charge >= 0.3 is 0 Å². The minimum absolute atomic E-state index is 0.0160. The lowest BCUT2D eigenvalue weighted by Crippen LogP contribution is -2.31. The minimum atomic E-state index is -0.421. The van der Waals surface area contributed by atoms with Crippen molar-refractivity contribution in [3.05, 3.63) is 65.7 Å². The Morgan fingerprint density at radius 3 is 2.56 bits per heavy atom. The molecule has 0 amide bonds. The van der Waals surface area contributed by atoms with E-state index in [4.69, 9.17) is 4.74 Å². The van der Waals surface area contributed by atoms with Crippen LogP contribution in [0.3, 0.4) is 0 Å². The van der Waals surface area contributed by atoms with Gasteiger partial charge in [-0.1, -0.05) is 42.5 Å². The van der Waals surface area contributed by atoms with Gasteiger partial charge in [0.15, 0.2) is 5.78 Å². The molecule has 0 bridgehead atoms. The molecule has 1 aliphatic carbocycles. The number of Topliss-reactive ketones (excluding diaryl/α,β-unsaturated/α-hetero) is 1. The Bertz CT molecular complexity index is 633. The van der Waals surface area contributed by atoms with Crippen molar-refractivity contribution in [1.29, 1.82) is 0 Å². The van der Waals surface area contributed by atoms with Crippen LogP contribution in [0.5, 0.6) is 5.75 Å². The first-order valence-corrected chi connectivity index (χ1v) is 6.18. The SMILES string of the molecule is O=C1c2ccccc2OC2CC12c1ccccc1. The number of hydrogen-bond acceptors (Lipinski definition) is 2. The largest absolute Gasteiger partial charge is 0.488 e. The molecule has 0 aromatic heterocycles. The highest BCUT2D eigenvalue weighted by atomic mass is 16.5. The lowest BCUT2D eigenvalue weighted by Gasteiger charge is -2.24. The molecule has 2 aromatic carbocycles. The molecule has 1 heterocycles. The van der Waals surface area contributed by atoms with Gasteiger partial charge in [-0.15, -0.1) is 0 Å². The summed E-state index contributed by atoms with van der Waals surface area (Å²) in [7, 11) is 0. The summed E-state index contributed by atoms with van der Waals surface area (Å²) in [4.78, 5) is 12.7. The number of rotatable bonds is 1. The molecule has 0 N–H and O–H groups in total. The summed E-state index contributed by atoms with van der Waals surface area (Å²) in [5.41, 5.74) is 1.37. The monoisotopic (exact) mass is 236 g/mol. The van der Waals surface area contributed by atoms with Gasteiger partial charge in [0.2, 0.25) is 0 Å². The average Bonchev–Trinajstić information content (AvgIpc) is 3.16. The van der Waals surface area contributed by atoms with E-state index in [0.29, 0.717) is 0 Å². The highest BCUT2D eigenvalue weighted by Gasteiger charge is 2.65. The molecule has 1 saturated carbocycles. The maximum Gasteiger partial charge on any atom is 0.180 e. The third-order valence-corrected chi connectivity index (χ3v) is 3.99. The molecular weight excluding hydrogens is 224 g/mol. The molecule has 0 spiro atoms. The number of para-hydroxylation sites is 1. The summed E-state index contributed by atoms with van der Waals surface area (Å²) in [6, 6.07) is 17.5. The van der Waals surface area contributed by atoms with Crippen LogP contribution in [0, 0.1) is 0 Å². The Labute approximate surface area is 105 Å². The van der Waals surface area contributed by atoms with E-state index >= 15 is 0 Å². The van der Waals surface area contributed by atoms with Crippen molar-refractivity contribution in [3.8, 4) is 5.75 Å². The second kappa shape index (κ2) is 3.22. The zero-order valence-corrected chi connectivity index (χ0v) is 9.80. The normalized spacial score (nSPS) is 28.0. The predicted molar refractivity (Wildman–Crippen MR) is 67.9 cm³/mol. The summed E-state index contributed by atoms with van der Waals surface area (Å²) in [6.45, 7) is 0. The summed E-state index contributed by atoms with van der Waals surface area (Å²) >= 11 is 0. The second-order valence-corrected chi connectivity index (χ2v) is 4.97. The fourth-order valence-electron chi connectivity index (χ4n) is 2.94. The molecular formula is C16H12O2. The number of hydrogen-bond donors (Lipinski definition) is 0. The summed E-state index contributed by atoms with van der Waals surface area (Å²) in [6.07, 6.45) is 0.812. The van der Waals surface area contributed by atoms with E-state index in [9.17, 15) is 4.79 Å². The fourth-order valence-corrected chi connectivity index (χ4v) is 2.94. The zero-order chi connectivity index (χ0) is 12.2. The van der Waals surface area contributed by atoms with Crippen LogP contribution in [0.2, 0.25) is 0 Å². The Morgan fingerprint density at radius 2 is 1.72 bits per heavy atom. The zero-order valence-electron chi connectivity index (χ0n) is 9.80. The lowest BCUT2D eigenvalue weighted by atomic mass is 9.85. The number of ether oxygens (including phenoxy) is 1. The molecule has 0 saturated heterocycles. The molecule has 1 aliphatic heterocycles. The van der Waals surface area contributed by atoms with E-state index in [1.54, 1.807) is 0 Å². The van der Waals surface area contributed by atoms with Crippen LogP contribution in [0.1, 0.15) is 22.3 Å². The molecule has 2 heteroatoms. The van der Waals surface area contributed by atoms with Crippen LogP contribution in [0.4, 0.5) is 0 Å². The molecule has 4 rings (SSSR count). The van der Waals surface area contributed by atoms with E-state index in [1.807, 2.05) is 54.6 Å². The maximum atomic E-state index is 12.7. The molecule has 2 atom stereocenters. The lowest BCUT2D eigenvalue weighted by molar-refractivity contribution is 0.0889. The molecule has 2 nitrogen and oxygen atoms in total. The quantitative estimate of drug-likeness (QED) is 0.761. The van der Waals surface area contributed by atoms with Crippen molar-refractivity contribution in [2.75, 3.05) is 0 Å². The fraction of sp³-hybridized carbons (Fsp3) is 0.188. The van der Waals surface area contributed by atoms with Crippen LogP contribution in [-0.4, -0.2) is 11.9 Å². The van der Waals surface area contributed by atoms with Gasteiger partial charge in [-0.2, -0.15) is 0 Å². The van der Waals surface area contributed by atoms with Crippen molar-refractivity contribution in [2.45, 2.75) is 17.9 Å². The summed E-state index contributed by atoms with van der Waals surface area (Å²) < 4.78 is 5.91. The van der Waals surface area contributed by atoms with Crippen LogP contribution < -0.4 is 4.74 Å². The highest BCUT2D eigenvalue weighted by molar-refractivity contribution is 6.10. The van der Waals surface area contributed by atoms with Gasteiger partial charge < -0.3 is 4.74 Å². The summed E-state index contributed by atoms with van der Waals surface area (Å²) in [5.74, 6) is 0.942. The van der Waals surface area contributed by atoms with Gasteiger partial charge in [-0.25, -0.2) is 0 Å². The van der Waals surface area contributed by atoms with E-state index in [-0.39, 0.29) is 11.9 Å². The Balaban J connectivity index is 1.87. The first kappa shape index (κ1) is 9.89. The molecule has 2 aliphatic rings. The molecule has 2 unspecified atom stereocenters. The van der Waals surface area contributed by atoms with Crippen molar-refractivity contribution in [3.63, 3.8) is 0 Å². The second-order valence-electron chi connectivity index (χ2n) is 4.97. The third kappa shape index (κ3) is 1.10. The minimum Gasteiger partial charge on any atom is -0.488 e. The number of carbonyl (C=O) groups excluding carboxylic acids is 1. The van der Waals surface area contributed by atoms with E-state index in [1.165, 1.54) is 0 Å². The van der Waals surface area contributed by atoms with Gasteiger partial charge in [0, 0.05) is 6.42 Å². The van der Waals surface area contributed by atoms with E-state index in [2.05, 4.69) is 0 Å². The van der Waals surface area contributed by atoms with Crippen LogP contribution >= 0.6 is 0 Å². The molecule has 0 radical (unpaired) electrons. The Hall–Kier alpha value is -2.09. The van der Waals surface area contributed by atoms with Gasteiger partial charge in [-0.3, -0.25) is 4.79 Å². The maximum absolute atomic E-state index is 12.7. The van der Waals surface area contributed by atoms with E-state index < -0.39 is 5.41 Å². The number of benzene rings is 2. The number of fused-ring (bicyclic) bond motifs is 2. The first-order chi connectivity index (χ1) is 8.82. The van der Waals surface area contributed by atoms with Gasteiger partial charge in [0.25, 0.3) is 0 Å². The smallest absolute Gasteiger partial charge is 0.180 e. The highest BCUT2D eigenvalue weighted by Crippen LogP contribution is 2.56. The van der Waals surface area contributed by atoms with Gasteiger partial charge in [0.1, 0.15) is 11.9 Å². The average molecular weight is 236 g/mol. The molecule has 18 heavy (non-hydrogen) atoms. The van der Waals surface area contributed by atoms with Gasteiger partial charge in [-0.05, 0) is 17.7 Å². The Kier molecular flexibility index (Phi) is 1.77. The third-order valence-electron chi connectivity index (χ3n) is 3.99. The van der Waals surface area contributed by atoms with Crippen molar-refractivity contribution < 1.29 is 9.53 Å². The number of carbonyl (C=O) groups is 1. The molecule has 88 valence electrons. The van der Waals surface area contributed by atoms with Crippen molar-refractivity contribution >= 4 is 5.78 Å². The number of ketones is 1. The predicted octanol–water partition coefficient (Wildman–Crippen LogP) is 2.97. The van der Waals surface area contributed by atoms with Crippen LogP contribution in [-0.2, 0) is 5.41 Å². The standard InChI is InChI=1S/C16H12O2/c17-15-12-8-4-5-9-13(12)18-14-10-16(14,15)11-6-2-1-3-7-11/h1-9,14H,10H2. The Morgan fingerprint density at radius 1 is 1.00 bits per heavy atom. The van der Waals surface area contributed by atoms with Crippen molar-refractivity contribution in [1.82, 2.24) is 0 Å². The first-order valence-electron chi connectivity index (χ1n) is 6.18. The van der Waals surface area contributed by atoms with Crippen LogP contribution in [0.15, 0.2) is 54.6 Å². The molecule has 2 aromatic rings. The molecule has 1 fully saturated rings. The van der Waals surface area contributed by atoms with Crippen LogP contribution in [0.25, 0.3) is 0 Å².